The van der Waals surface area contributed by atoms with Crippen molar-refractivity contribution < 1.29 is 4.79 Å². The van der Waals surface area contributed by atoms with Crippen LogP contribution in [0.2, 0.25) is 0 Å². The van der Waals surface area contributed by atoms with Crippen molar-refractivity contribution in [1.82, 2.24) is 5.32 Å². The lowest BCUT2D eigenvalue weighted by Gasteiger charge is -2.11. The summed E-state index contributed by atoms with van der Waals surface area (Å²) >= 11 is 1.68. The van der Waals surface area contributed by atoms with Gasteiger partial charge in [-0.1, -0.05) is 6.92 Å². The van der Waals surface area contributed by atoms with E-state index in [1.165, 1.54) is 12.8 Å². The molecule has 3 nitrogen and oxygen atoms in total. The minimum atomic E-state index is 0.125. The number of hydrogen-bond donors (Lipinski definition) is 2. The first-order valence-electron chi connectivity index (χ1n) is 5.34. The molecule has 1 fully saturated rings. The van der Waals surface area contributed by atoms with Crippen LogP contribution in [0.15, 0.2) is 0 Å². The smallest absolute Gasteiger partial charge is 0.230 e. The van der Waals surface area contributed by atoms with Crippen molar-refractivity contribution >= 4 is 17.7 Å². The number of hydrogen-bond acceptors (Lipinski definition) is 3. The molecule has 0 bridgehead atoms. The van der Waals surface area contributed by atoms with Crippen LogP contribution in [0.1, 0.15) is 26.2 Å². The molecule has 0 spiro atoms. The number of rotatable bonds is 7. The van der Waals surface area contributed by atoms with Crippen molar-refractivity contribution in [1.29, 1.82) is 0 Å². The molecule has 0 radical (unpaired) electrons. The molecule has 1 saturated carbocycles. The van der Waals surface area contributed by atoms with Gasteiger partial charge in [-0.3, -0.25) is 4.79 Å². The highest BCUT2D eigenvalue weighted by Crippen LogP contribution is 2.31. The van der Waals surface area contributed by atoms with Crippen LogP contribution < -0.4 is 11.1 Å². The number of amides is 1. The predicted molar refractivity (Wildman–Crippen MR) is 61.3 cm³/mol. The van der Waals surface area contributed by atoms with Gasteiger partial charge in [0, 0.05) is 12.6 Å². The van der Waals surface area contributed by atoms with Crippen molar-refractivity contribution in [3.05, 3.63) is 0 Å². The molecule has 3 N–H and O–H groups in total. The Bertz CT molecular complexity index is 183. The van der Waals surface area contributed by atoms with Crippen molar-refractivity contribution in [2.75, 3.05) is 18.1 Å². The molecule has 0 saturated heterocycles. The Morgan fingerprint density at radius 3 is 2.93 bits per heavy atom. The lowest BCUT2D eigenvalue weighted by atomic mass is 10.2. The highest BCUT2D eigenvalue weighted by atomic mass is 32.2. The third-order valence-corrected chi connectivity index (χ3v) is 3.51. The minimum Gasteiger partial charge on any atom is -0.354 e. The van der Waals surface area contributed by atoms with E-state index in [2.05, 4.69) is 12.2 Å². The average Bonchev–Trinajstić information content (AvgIpc) is 2.98. The Balaban J connectivity index is 1.96. The van der Waals surface area contributed by atoms with Crippen LogP contribution in [0.25, 0.3) is 0 Å². The summed E-state index contributed by atoms with van der Waals surface area (Å²) in [5.41, 5.74) is 5.86. The maximum atomic E-state index is 11.3. The summed E-state index contributed by atoms with van der Waals surface area (Å²) in [4.78, 5) is 11.3. The Kier molecular flexibility index (Phi) is 5.33. The molecule has 0 heterocycles. The van der Waals surface area contributed by atoms with Crippen LogP contribution >= 0.6 is 11.8 Å². The van der Waals surface area contributed by atoms with Crippen molar-refractivity contribution in [3.63, 3.8) is 0 Å². The van der Waals surface area contributed by atoms with Gasteiger partial charge in [-0.2, -0.15) is 11.8 Å². The van der Waals surface area contributed by atoms with Crippen molar-refractivity contribution in [2.45, 2.75) is 32.2 Å². The van der Waals surface area contributed by atoms with Crippen molar-refractivity contribution in [3.8, 4) is 0 Å². The zero-order valence-electron chi connectivity index (χ0n) is 8.79. The fraction of sp³-hybridized carbons (Fsp3) is 0.900. The summed E-state index contributed by atoms with van der Waals surface area (Å²) in [7, 11) is 0. The zero-order valence-corrected chi connectivity index (χ0v) is 9.61. The Labute approximate surface area is 90.2 Å². The number of carbonyl (C=O) groups excluding carboxylic acids is 1. The topological polar surface area (TPSA) is 55.1 Å². The maximum Gasteiger partial charge on any atom is 0.230 e. The molecule has 4 heteroatoms. The summed E-state index contributed by atoms with van der Waals surface area (Å²) < 4.78 is 0. The molecular weight excluding hydrogens is 196 g/mol. The second kappa shape index (κ2) is 6.30. The normalized spacial score (nSPS) is 17.9. The highest BCUT2D eigenvalue weighted by Gasteiger charge is 2.28. The van der Waals surface area contributed by atoms with Crippen LogP contribution in [-0.4, -0.2) is 30.0 Å². The number of thioether (sulfide) groups is 1. The van der Waals surface area contributed by atoms with E-state index in [-0.39, 0.29) is 11.9 Å². The molecule has 0 aromatic rings. The fourth-order valence-electron chi connectivity index (χ4n) is 1.28. The quantitative estimate of drug-likeness (QED) is 0.624. The summed E-state index contributed by atoms with van der Waals surface area (Å²) in [6.45, 7) is 2.77. The molecule has 1 unspecified atom stereocenters. The van der Waals surface area contributed by atoms with Gasteiger partial charge >= 0.3 is 0 Å². The summed E-state index contributed by atoms with van der Waals surface area (Å²) in [5.74, 6) is 2.42. The third-order valence-electron chi connectivity index (χ3n) is 2.34. The lowest BCUT2D eigenvalue weighted by molar-refractivity contribution is -0.118. The molecule has 0 aromatic carbocycles. The predicted octanol–water partition coefficient (Wildman–Crippen LogP) is 0.983. The molecule has 14 heavy (non-hydrogen) atoms. The molecule has 1 atom stereocenters. The Morgan fingerprint density at radius 1 is 1.64 bits per heavy atom. The van der Waals surface area contributed by atoms with Gasteiger partial charge < -0.3 is 11.1 Å². The fourth-order valence-corrected chi connectivity index (χ4v) is 2.00. The molecule has 1 aliphatic carbocycles. The van der Waals surface area contributed by atoms with E-state index in [1.54, 1.807) is 11.8 Å². The summed E-state index contributed by atoms with van der Waals surface area (Å²) in [6, 6.07) is 0.176. The molecule has 0 aliphatic heterocycles. The largest absolute Gasteiger partial charge is 0.354 e. The van der Waals surface area contributed by atoms with E-state index < -0.39 is 0 Å². The zero-order chi connectivity index (χ0) is 10.4. The molecule has 1 amide bonds. The van der Waals surface area contributed by atoms with Gasteiger partial charge in [0.25, 0.3) is 0 Å². The van der Waals surface area contributed by atoms with Gasteiger partial charge in [-0.15, -0.1) is 0 Å². The third kappa shape index (κ3) is 4.86. The van der Waals surface area contributed by atoms with Crippen LogP contribution in [-0.2, 0) is 4.79 Å². The average molecular weight is 216 g/mol. The van der Waals surface area contributed by atoms with Gasteiger partial charge in [0.05, 0.1) is 5.75 Å². The highest BCUT2D eigenvalue weighted by molar-refractivity contribution is 7.99. The van der Waals surface area contributed by atoms with E-state index in [0.717, 1.165) is 12.2 Å². The summed E-state index contributed by atoms with van der Waals surface area (Å²) in [5, 5.41) is 2.88. The summed E-state index contributed by atoms with van der Waals surface area (Å²) in [6.07, 6.45) is 3.60. The van der Waals surface area contributed by atoms with Crippen LogP contribution in [0.3, 0.4) is 0 Å². The Hall–Kier alpha value is -0.220. The molecule has 0 aromatic heterocycles. The first-order chi connectivity index (χ1) is 6.74. The first kappa shape index (κ1) is 11.9. The second-order valence-electron chi connectivity index (χ2n) is 3.86. The van der Waals surface area contributed by atoms with E-state index >= 15 is 0 Å². The van der Waals surface area contributed by atoms with Gasteiger partial charge in [0.1, 0.15) is 0 Å². The maximum absolute atomic E-state index is 11.3. The Morgan fingerprint density at radius 2 is 2.36 bits per heavy atom. The van der Waals surface area contributed by atoms with E-state index in [9.17, 15) is 4.79 Å². The monoisotopic (exact) mass is 216 g/mol. The molecule has 82 valence electrons. The van der Waals surface area contributed by atoms with Gasteiger partial charge in [-0.25, -0.2) is 0 Å². The van der Waals surface area contributed by atoms with Crippen LogP contribution in [0.5, 0.6) is 0 Å². The van der Waals surface area contributed by atoms with Gasteiger partial charge in [-0.05, 0) is 30.9 Å². The van der Waals surface area contributed by atoms with E-state index in [1.807, 2.05) is 0 Å². The number of nitrogens with two attached hydrogens (primary N) is 1. The molecule has 1 rings (SSSR count). The number of carbonyl (C=O) groups is 1. The minimum absolute atomic E-state index is 0.125. The van der Waals surface area contributed by atoms with Crippen LogP contribution in [0.4, 0.5) is 0 Å². The van der Waals surface area contributed by atoms with Crippen molar-refractivity contribution in [2.24, 2.45) is 11.7 Å². The standard InChI is InChI=1S/C10H20N2OS/c1-2-5-14-7-10(13)12-6-9(11)8-3-4-8/h8-9H,2-7,11H2,1H3,(H,12,13). The van der Waals surface area contributed by atoms with E-state index in [0.29, 0.717) is 18.2 Å². The number of nitrogens with one attached hydrogen (secondary N) is 1. The van der Waals surface area contributed by atoms with E-state index in [4.69, 9.17) is 5.73 Å². The molecular formula is C10H20N2OS. The van der Waals surface area contributed by atoms with Gasteiger partial charge in [0.15, 0.2) is 0 Å². The van der Waals surface area contributed by atoms with Crippen LogP contribution in [0, 0.1) is 5.92 Å². The lowest BCUT2D eigenvalue weighted by Crippen LogP contribution is -2.39. The first-order valence-corrected chi connectivity index (χ1v) is 6.49. The second-order valence-corrected chi connectivity index (χ2v) is 4.96. The molecule has 1 aliphatic rings. The SMILES string of the molecule is CCCSCC(=O)NCC(N)C1CC1. The van der Waals surface area contributed by atoms with Gasteiger partial charge in [0.2, 0.25) is 5.91 Å².